The van der Waals surface area contributed by atoms with Crippen molar-refractivity contribution in [1.82, 2.24) is 5.16 Å². The Kier molecular flexibility index (Phi) is 4.16. The number of aryl methyl sites for hydroxylation is 1. The van der Waals surface area contributed by atoms with E-state index in [-0.39, 0.29) is 11.6 Å². The minimum absolute atomic E-state index is 0.123. The van der Waals surface area contributed by atoms with Crippen molar-refractivity contribution in [1.29, 1.82) is 0 Å². The van der Waals surface area contributed by atoms with E-state index in [4.69, 9.17) is 4.52 Å². The van der Waals surface area contributed by atoms with Gasteiger partial charge in [0.05, 0.1) is 17.5 Å². The highest BCUT2D eigenvalue weighted by Crippen LogP contribution is 2.28. The Balaban J connectivity index is 1.82. The quantitative estimate of drug-likeness (QED) is 0.777. The number of anilines is 1. The molecule has 0 saturated carbocycles. The van der Waals surface area contributed by atoms with E-state index < -0.39 is 10.0 Å². The van der Waals surface area contributed by atoms with Gasteiger partial charge in [-0.1, -0.05) is 65.3 Å². The van der Waals surface area contributed by atoms with Crippen molar-refractivity contribution in [3.63, 3.8) is 0 Å². The smallest absolute Gasteiger partial charge is 0.245 e. The normalized spacial score (nSPS) is 11.3. The van der Waals surface area contributed by atoms with E-state index in [0.29, 0.717) is 11.1 Å². The predicted molar refractivity (Wildman–Crippen MR) is 89.4 cm³/mol. The molecule has 0 saturated heterocycles. The summed E-state index contributed by atoms with van der Waals surface area (Å²) in [5.41, 5.74) is 3.24. The van der Waals surface area contributed by atoms with E-state index >= 15 is 0 Å². The van der Waals surface area contributed by atoms with Gasteiger partial charge in [0.2, 0.25) is 15.9 Å². The van der Waals surface area contributed by atoms with E-state index in [9.17, 15) is 8.42 Å². The molecule has 0 spiro atoms. The SMILES string of the molecule is Cc1ccc(CS(=O)(=O)Nc2oncc2-c2ccccc2)cc1. The average Bonchev–Trinajstić information content (AvgIpc) is 2.97. The van der Waals surface area contributed by atoms with Crippen LogP contribution >= 0.6 is 0 Å². The summed E-state index contributed by atoms with van der Waals surface area (Å²) in [6, 6.07) is 16.7. The van der Waals surface area contributed by atoms with Gasteiger partial charge in [-0.05, 0) is 18.1 Å². The molecule has 6 heteroatoms. The van der Waals surface area contributed by atoms with Crippen molar-refractivity contribution in [3.05, 3.63) is 71.9 Å². The van der Waals surface area contributed by atoms with Crippen LogP contribution in [-0.2, 0) is 15.8 Å². The van der Waals surface area contributed by atoms with E-state index in [2.05, 4.69) is 9.88 Å². The second kappa shape index (κ2) is 6.26. The van der Waals surface area contributed by atoms with Crippen LogP contribution < -0.4 is 4.72 Å². The molecule has 0 amide bonds. The highest BCUT2D eigenvalue weighted by molar-refractivity contribution is 7.91. The van der Waals surface area contributed by atoms with Gasteiger partial charge in [-0.3, -0.25) is 4.72 Å². The van der Waals surface area contributed by atoms with Gasteiger partial charge >= 0.3 is 0 Å². The number of rotatable bonds is 5. The number of aromatic nitrogens is 1. The van der Waals surface area contributed by atoms with Crippen molar-refractivity contribution < 1.29 is 12.9 Å². The maximum Gasteiger partial charge on any atom is 0.245 e. The minimum Gasteiger partial charge on any atom is -0.337 e. The topological polar surface area (TPSA) is 72.2 Å². The van der Waals surface area contributed by atoms with Crippen molar-refractivity contribution in [2.45, 2.75) is 12.7 Å². The fourth-order valence-electron chi connectivity index (χ4n) is 2.22. The largest absolute Gasteiger partial charge is 0.337 e. The van der Waals surface area contributed by atoms with Crippen molar-refractivity contribution in [2.75, 3.05) is 4.72 Å². The van der Waals surface area contributed by atoms with E-state index in [1.165, 1.54) is 6.20 Å². The van der Waals surface area contributed by atoms with E-state index in [1.807, 2.05) is 49.4 Å². The Morgan fingerprint density at radius 1 is 1.04 bits per heavy atom. The molecule has 0 unspecified atom stereocenters. The fraction of sp³-hybridized carbons (Fsp3) is 0.118. The van der Waals surface area contributed by atoms with Gasteiger partial charge in [-0.2, -0.15) is 0 Å². The molecular formula is C17H16N2O3S. The number of nitrogens with zero attached hydrogens (tertiary/aromatic N) is 1. The standard InChI is InChI=1S/C17H16N2O3S/c1-13-7-9-14(10-8-13)12-23(20,21)19-17-16(11-18-22-17)15-5-3-2-4-6-15/h2-11,19H,12H2,1H3. The average molecular weight is 328 g/mol. The Bertz CT molecular complexity index is 885. The summed E-state index contributed by atoms with van der Waals surface area (Å²) in [5, 5.41) is 3.70. The lowest BCUT2D eigenvalue weighted by Crippen LogP contribution is -2.15. The monoisotopic (exact) mass is 328 g/mol. The second-order valence-corrected chi connectivity index (χ2v) is 7.00. The minimum atomic E-state index is -3.58. The summed E-state index contributed by atoms with van der Waals surface area (Å²) in [4.78, 5) is 0. The van der Waals surface area contributed by atoms with Crippen LogP contribution in [0.3, 0.4) is 0 Å². The Labute approximate surface area is 135 Å². The maximum atomic E-state index is 12.3. The molecule has 0 atom stereocenters. The molecule has 2 aromatic carbocycles. The predicted octanol–water partition coefficient (Wildman–Crippen LogP) is 3.59. The molecule has 5 nitrogen and oxygen atoms in total. The molecule has 1 aromatic heterocycles. The first-order valence-corrected chi connectivity index (χ1v) is 8.75. The lowest BCUT2D eigenvalue weighted by molar-refractivity contribution is 0.435. The zero-order chi connectivity index (χ0) is 16.3. The second-order valence-electron chi connectivity index (χ2n) is 5.28. The molecule has 23 heavy (non-hydrogen) atoms. The molecule has 0 aliphatic rings. The van der Waals surface area contributed by atoms with E-state index in [1.54, 1.807) is 12.1 Å². The fourth-order valence-corrected chi connectivity index (χ4v) is 3.35. The van der Waals surface area contributed by atoms with Crippen molar-refractivity contribution in [2.24, 2.45) is 0 Å². The molecule has 3 aromatic rings. The van der Waals surface area contributed by atoms with Crippen molar-refractivity contribution >= 4 is 15.9 Å². The lowest BCUT2D eigenvalue weighted by Gasteiger charge is -2.07. The zero-order valence-corrected chi connectivity index (χ0v) is 13.4. The van der Waals surface area contributed by atoms with Gasteiger partial charge in [0, 0.05) is 0 Å². The Hall–Kier alpha value is -2.60. The van der Waals surface area contributed by atoms with Crippen molar-refractivity contribution in [3.8, 4) is 11.1 Å². The number of hydrogen-bond donors (Lipinski definition) is 1. The highest BCUT2D eigenvalue weighted by atomic mass is 32.2. The zero-order valence-electron chi connectivity index (χ0n) is 12.6. The summed E-state index contributed by atoms with van der Waals surface area (Å²) in [5.74, 6) is 0.00526. The van der Waals surface area contributed by atoms with Crippen LogP contribution in [0.25, 0.3) is 11.1 Å². The van der Waals surface area contributed by atoms with Gasteiger partial charge in [-0.15, -0.1) is 0 Å². The Morgan fingerprint density at radius 3 is 2.43 bits per heavy atom. The lowest BCUT2D eigenvalue weighted by atomic mass is 10.1. The van der Waals surface area contributed by atoms with Crippen LogP contribution in [0.2, 0.25) is 0 Å². The first-order chi connectivity index (χ1) is 11.0. The first-order valence-electron chi connectivity index (χ1n) is 7.10. The molecule has 0 radical (unpaired) electrons. The van der Waals surface area contributed by atoms with Gasteiger partial charge in [0.25, 0.3) is 0 Å². The van der Waals surface area contributed by atoms with Crippen LogP contribution in [0, 0.1) is 6.92 Å². The summed E-state index contributed by atoms with van der Waals surface area (Å²) < 4.78 is 32.2. The molecule has 0 aliphatic carbocycles. The summed E-state index contributed by atoms with van der Waals surface area (Å²) in [7, 11) is -3.58. The molecule has 0 aliphatic heterocycles. The number of nitrogens with one attached hydrogen (secondary N) is 1. The molecule has 0 fully saturated rings. The number of benzene rings is 2. The van der Waals surface area contributed by atoms with Crippen LogP contribution in [0.5, 0.6) is 0 Å². The summed E-state index contributed by atoms with van der Waals surface area (Å²) in [6.45, 7) is 1.96. The number of hydrogen-bond acceptors (Lipinski definition) is 4. The molecule has 0 bridgehead atoms. The van der Waals surface area contributed by atoms with Crippen LogP contribution in [0.1, 0.15) is 11.1 Å². The van der Waals surface area contributed by atoms with Crippen LogP contribution in [0.15, 0.2) is 65.3 Å². The van der Waals surface area contributed by atoms with Crippen LogP contribution in [0.4, 0.5) is 5.88 Å². The van der Waals surface area contributed by atoms with Crippen LogP contribution in [-0.4, -0.2) is 13.6 Å². The summed E-state index contributed by atoms with van der Waals surface area (Å²) in [6.07, 6.45) is 1.50. The molecule has 1 N–H and O–H groups in total. The molecular weight excluding hydrogens is 312 g/mol. The molecule has 1 heterocycles. The van der Waals surface area contributed by atoms with Gasteiger partial charge in [0.15, 0.2) is 0 Å². The molecule has 118 valence electrons. The third-order valence-corrected chi connectivity index (χ3v) is 4.59. The third kappa shape index (κ3) is 3.78. The van der Waals surface area contributed by atoms with E-state index in [0.717, 1.165) is 11.1 Å². The number of sulfonamides is 1. The third-order valence-electron chi connectivity index (χ3n) is 3.38. The van der Waals surface area contributed by atoms with Gasteiger partial charge < -0.3 is 4.52 Å². The molecule has 3 rings (SSSR count). The Morgan fingerprint density at radius 2 is 1.74 bits per heavy atom. The summed E-state index contributed by atoms with van der Waals surface area (Å²) >= 11 is 0. The van der Waals surface area contributed by atoms with Gasteiger partial charge in [0.1, 0.15) is 0 Å². The maximum absolute atomic E-state index is 12.3. The highest BCUT2D eigenvalue weighted by Gasteiger charge is 2.18. The first kappa shape index (κ1) is 15.3. The van der Waals surface area contributed by atoms with Gasteiger partial charge in [-0.25, -0.2) is 8.42 Å².